The smallest absolute Gasteiger partial charge is 0.260 e. The Labute approximate surface area is 117 Å². The van der Waals surface area contributed by atoms with E-state index in [1.54, 1.807) is 6.07 Å². The molecule has 4 N–H and O–H groups in total. The van der Waals surface area contributed by atoms with Crippen molar-refractivity contribution in [2.45, 2.75) is 37.8 Å². The minimum Gasteiger partial charge on any atom is -0.376 e. The molecule has 1 heterocycles. The molecule has 20 heavy (non-hydrogen) atoms. The molecule has 1 aromatic heterocycles. The van der Waals surface area contributed by atoms with Gasteiger partial charge in [-0.15, -0.1) is 0 Å². The van der Waals surface area contributed by atoms with Gasteiger partial charge in [0, 0.05) is 18.8 Å². The maximum absolute atomic E-state index is 11.8. The molecule has 2 rings (SSSR count). The molecule has 0 aliphatic heterocycles. The van der Waals surface area contributed by atoms with Crippen LogP contribution in [-0.4, -0.2) is 36.2 Å². The van der Waals surface area contributed by atoms with Gasteiger partial charge in [-0.1, -0.05) is 0 Å². The van der Waals surface area contributed by atoms with Crippen LogP contribution in [0.3, 0.4) is 0 Å². The Morgan fingerprint density at radius 1 is 1.40 bits per heavy atom. The van der Waals surface area contributed by atoms with Crippen molar-refractivity contribution in [3.63, 3.8) is 0 Å². The minimum absolute atomic E-state index is 0.121. The SMILES string of the molecule is NC1CCC(OCCNC(=O)c2ccc[nH]c2=O)CC1. The van der Waals surface area contributed by atoms with E-state index in [0.717, 1.165) is 25.7 Å². The molecule has 1 saturated carbocycles. The zero-order chi connectivity index (χ0) is 14.4. The van der Waals surface area contributed by atoms with Crippen molar-refractivity contribution in [1.29, 1.82) is 0 Å². The van der Waals surface area contributed by atoms with Crippen molar-refractivity contribution in [2.24, 2.45) is 5.73 Å². The molecule has 0 aromatic carbocycles. The molecule has 0 spiro atoms. The number of pyridine rings is 1. The molecule has 6 nitrogen and oxygen atoms in total. The number of carbonyl (C=O) groups is 1. The molecule has 1 aliphatic carbocycles. The Kier molecular flexibility index (Phi) is 5.31. The summed E-state index contributed by atoms with van der Waals surface area (Å²) in [6.45, 7) is 0.853. The van der Waals surface area contributed by atoms with E-state index in [1.165, 1.54) is 12.3 Å². The number of rotatable bonds is 5. The highest BCUT2D eigenvalue weighted by molar-refractivity contribution is 5.93. The highest BCUT2D eigenvalue weighted by Gasteiger charge is 2.18. The van der Waals surface area contributed by atoms with Crippen molar-refractivity contribution >= 4 is 5.91 Å². The van der Waals surface area contributed by atoms with Crippen LogP contribution in [0.15, 0.2) is 23.1 Å². The van der Waals surface area contributed by atoms with E-state index in [0.29, 0.717) is 19.2 Å². The molecule has 1 aliphatic rings. The van der Waals surface area contributed by atoms with Gasteiger partial charge in [0.15, 0.2) is 0 Å². The van der Waals surface area contributed by atoms with Gasteiger partial charge in [0.25, 0.3) is 11.5 Å². The molecule has 0 saturated heterocycles. The van der Waals surface area contributed by atoms with Crippen LogP contribution in [0.2, 0.25) is 0 Å². The first-order chi connectivity index (χ1) is 9.66. The van der Waals surface area contributed by atoms with Crippen molar-refractivity contribution < 1.29 is 9.53 Å². The van der Waals surface area contributed by atoms with E-state index in [4.69, 9.17) is 10.5 Å². The fraction of sp³-hybridized carbons (Fsp3) is 0.571. The maximum Gasteiger partial charge on any atom is 0.260 e. The quantitative estimate of drug-likeness (QED) is 0.679. The summed E-state index contributed by atoms with van der Waals surface area (Å²) in [5.74, 6) is -0.374. The average molecular weight is 279 g/mol. The summed E-state index contributed by atoms with van der Waals surface area (Å²) in [6, 6.07) is 3.43. The Bertz CT molecular complexity index is 492. The van der Waals surface area contributed by atoms with Gasteiger partial charge < -0.3 is 20.8 Å². The number of ether oxygens (including phenoxy) is 1. The molecule has 0 atom stereocenters. The summed E-state index contributed by atoms with van der Waals surface area (Å²) < 4.78 is 5.69. The number of carbonyl (C=O) groups excluding carboxylic acids is 1. The lowest BCUT2D eigenvalue weighted by Crippen LogP contribution is -2.34. The number of hydrogen-bond acceptors (Lipinski definition) is 4. The maximum atomic E-state index is 11.8. The van der Waals surface area contributed by atoms with Gasteiger partial charge in [-0.05, 0) is 37.8 Å². The van der Waals surface area contributed by atoms with Crippen LogP contribution in [0, 0.1) is 0 Å². The van der Waals surface area contributed by atoms with Crippen LogP contribution in [-0.2, 0) is 4.74 Å². The number of amides is 1. The molecule has 0 bridgehead atoms. The highest BCUT2D eigenvalue weighted by Crippen LogP contribution is 2.19. The standard InChI is InChI=1S/C14H21N3O3/c15-10-3-5-11(6-4-10)20-9-8-17-14(19)12-2-1-7-16-13(12)18/h1-2,7,10-11H,3-6,8-9,15H2,(H,16,18)(H,17,19). The highest BCUT2D eigenvalue weighted by atomic mass is 16.5. The lowest BCUT2D eigenvalue weighted by molar-refractivity contribution is 0.0267. The first kappa shape index (κ1) is 14.7. The number of H-pyrrole nitrogens is 1. The van der Waals surface area contributed by atoms with E-state index in [1.807, 2.05) is 0 Å². The normalized spacial score (nSPS) is 22.4. The largest absolute Gasteiger partial charge is 0.376 e. The topological polar surface area (TPSA) is 97.2 Å². The summed E-state index contributed by atoms with van der Waals surface area (Å²) >= 11 is 0. The van der Waals surface area contributed by atoms with E-state index in [-0.39, 0.29) is 23.1 Å². The van der Waals surface area contributed by atoms with Crippen LogP contribution in [0.5, 0.6) is 0 Å². The van der Waals surface area contributed by atoms with Gasteiger partial charge >= 0.3 is 0 Å². The van der Waals surface area contributed by atoms with Crippen LogP contribution >= 0.6 is 0 Å². The van der Waals surface area contributed by atoms with Gasteiger partial charge in [0.05, 0.1) is 12.7 Å². The first-order valence-electron chi connectivity index (χ1n) is 7.00. The molecule has 1 amide bonds. The third kappa shape index (κ3) is 4.18. The summed E-state index contributed by atoms with van der Waals surface area (Å²) in [4.78, 5) is 25.6. The second-order valence-corrected chi connectivity index (χ2v) is 5.08. The summed E-state index contributed by atoms with van der Waals surface area (Å²) in [6.07, 6.45) is 5.69. The van der Waals surface area contributed by atoms with E-state index < -0.39 is 0 Å². The van der Waals surface area contributed by atoms with Crippen LogP contribution in [0.25, 0.3) is 0 Å². The molecule has 110 valence electrons. The Morgan fingerprint density at radius 2 is 2.15 bits per heavy atom. The predicted molar refractivity (Wildman–Crippen MR) is 75.6 cm³/mol. The number of aromatic nitrogens is 1. The van der Waals surface area contributed by atoms with Gasteiger partial charge in [-0.25, -0.2) is 0 Å². The van der Waals surface area contributed by atoms with Gasteiger partial charge in [-0.2, -0.15) is 0 Å². The van der Waals surface area contributed by atoms with Gasteiger partial charge in [-0.3, -0.25) is 9.59 Å². The van der Waals surface area contributed by atoms with Crippen molar-refractivity contribution in [2.75, 3.05) is 13.2 Å². The zero-order valence-electron chi connectivity index (χ0n) is 11.4. The predicted octanol–water partition coefficient (Wildman–Crippen LogP) is 0.391. The monoisotopic (exact) mass is 279 g/mol. The van der Waals surface area contributed by atoms with Crippen molar-refractivity contribution in [3.8, 4) is 0 Å². The summed E-state index contributed by atoms with van der Waals surface area (Å²) in [5, 5.41) is 2.68. The van der Waals surface area contributed by atoms with E-state index in [2.05, 4.69) is 10.3 Å². The molecule has 1 aromatic rings. The zero-order valence-corrected chi connectivity index (χ0v) is 11.4. The number of nitrogens with two attached hydrogens (primary N) is 1. The van der Waals surface area contributed by atoms with E-state index >= 15 is 0 Å². The third-order valence-electron chi connectivity index (χ3n) is 3.52. The second-order valence-electron chi connectivity index (χ2n) is 5.08. The number of nitrogens with one attached hydrogen (secondary N) is 2. The van der Waals surface area contributed by atoms with Crippen LogP contribution in [0.4, 0.5) is 0 Å². The third-order valence-corrected chi connectivity index (χ3v) is 3.52. The van der Waals surface area contributed by atoms with Crippen LogP contribution < -0.4 is 16.6 Å². The lowest BCUT2D eigenvalue weighted by Gasteiger charge is -2.26. The first-order valence-corrected chi connectivity index (χ1v) is 7.00. The second kappa shape index (κ2) is 7.21. The molecule has 6 heteroatoms. The number of hydrogen-bond donors (Lipinski definition) is 3. The summed E-state index contributed by atoms with van der Waals surface area (Å²) in [5.41, 5.74) is 5.56. The Hall–Kier alpha value is -1.66. The summed E-state index contributed by atoms with van der Waals surface area (Å²) in [7, 11) is 0. The molecular weight excluding hydrogens is 258 g/mol. The van der Waals surface area contributed by atoms with Gasteiger partial charge in [0.1, 0.15) is 5.56 Å². The lowest BCUT2D eigenvalue weighted by atomic mass is 9.94. The Morgan fingerprint density at radius 3 is 2.85 bits per heavy atom. The van der Waals surface area contributed by atoms with Crippen molar-refractivity contribution in [3.05, 3.63) is 34.2 Å². The fourth-order valence-corrected chi connectivity index (χ4v) is 2.34. The minimum atomic E-state index is -0.382. The Balaban J connectivity index is 1.67. The number of aromatic amines is 1. The molecule has 1 fully saturated rings. The molecular formula is C14H21N3O3. The molecule has 0 radical (unpaired) electrons. The average Bonchev–Trinajstić information content (AvgIpc) is 2.46. The van der Waals surface area contributed by atoms with Gasteiger partial charge in [0.2, 0.25) is 0 Å². The molecule has 0 unspecified atom stereocenters. The van der Waals surface area contributed by atoms with Crippen LogP contribution in [0.1, 0.15) is 36.0 Å². The van der Waals surface area contributed by atoms with Crippen molar-refractivity contribution in [1.82, 2.24) is 10.3 Å². The van der Waals surface area contributed by atoms with E-state index in [9.17, 15) is 9.59 Å². The fourth-order valence-electron chi connectivity index (χ4n) is 2.34.